The van der Waals surface area contributed by atoms with Gasteiger partial charge in [0.1, 0.15) is 0 Å². The predicted octanol–water partition coefficient (Wildman–Crippen LogP) is 5.56. The van der Waals surface area contributed by atoms with Gasteiger partial charge in [-0.2, -0.15) is 0 Å². The van der Waals surface area contributed by atoms with Gasteiger partial charge in [-0.05, 0) is 57.3 Å². The number of carbonyl (C=O) groups is 1. The van der Waals surface area contributed by atoms with Gasteiger partial charge >= 0.3 is 0 Å². The molecule has 1 unspecified atom stereocenters. The molecule has 0 aliphatic rings. The molecule has 0 aliphatic carbocycles. The third-order valence-electron chi connectivity index (χ3n) is 5.71. The summed E-state index contributed by atoms with van der Waals surface area (Å²) in [6.07, 6.45) is 2.73. The number of thioether (sulfide) groups is 1. The van der Waals surface area contributed by atoms with Gasteiger partial charge in [-0.3, -0.25) is 14.3 Å². The number of hydrogen-bond acceptors (Lipinski definition) is 5. The number of nitrogens with zero attached hydrogens (tertiary/aromatic N) is 4. The Morgan fingerprint density at radius 3 is 2.62 bits per heavy atom. The number of halogens is 1. The number of H-pyrrole nitrogens is 1. The highest BCUT2D eigenvalue weighted by Crippen LogP contribution is 2.29. The zero-order chi connectivity index (χ0) is 22.8. The van der Waals surface area contributed by atoms with E-state index in [1.165, 1.54) is 17.3 Å². The smallest absolute Gasteiger partial charge is 0.196 e. The van der Waals surface area contributed by atoms with Gasteiger partial charge in [0.2, 0.25) is 0 Å². The number of carbonyl (C=O) groups excluding carboxylic acids is 1. The van der Waals surface area contributed by atoms with Crippen molar-refractivity contribution in [1.82, 2.24) is 24.6 Å². The number of nitrogens with one attached hydrogen (secondary N) is 1. The van der Waals surface area contributed by atoms with Crippen molar-refractivity contribution in [1.29, 1.82) is 0 Å². The third kappa shape index (κ3) is 4.33. The Labute approximate surface area is 197 Å². The van der Waals surface area contributed by atoms with Crippen LogP contribution >= 0.6 is 23.4 Å². The Morgan fingerprint density at radius 2 is 1.94 bits per heavy atom. The van der Waals surface area contributed by atoms with Crippen LogP contribution in [0.3, 0.4) is 0 Å². The summed E-state index contributed by atoms with van der Waals surface area (Å²) in [6, 6.07) is 13.7. The normalized spacial score (nSPS) is 12.6. The summed E-state index contributed by atoms with van der Waals surface area (Å²) in [7, 11) is 4.01. The maximum Gasteiger partial charge on any atom is 0.196 e. The lowest BCUT2D eigenvalue weighted by molar-refractivity contribution is 0.102. The molecule has 2 heterocycles. The molecule has 0 amide bonds. The van der Waals surface area contributed by atoms with E-state index in [1.54, 1.807) is 0 Å². The lowest BCUT2D eigenvalue weighted by atomic mass is 10.1. The van der Waals surface area contributed by atoms with Crippen molar-refractivity contribution in [2.75, 3.05) is 19.8 Å². The standard InChI is InChI=1S/C24H26ClN5OS/c1-5-16-7-6-8-19-20(13-26-22(16)19)21(31)14-32-24-28-27-23(15(2)29(3)4)30(24)18-11-9-17(25)10-12-18/h6-13,15,26H,5,14H2,1-4H3. The number of fused-ring (bicyclic) bond motifs is 1. The molecule has 4 rings (SSSR count). The van der Waals surface area contributed by atoms with E-state index in [0.29, 0.717) is 15.7 Å². The molecule has 166 valence electrons. The van der Waals surface area contributed by atoms with E-state index in [0.717, 1.165) is 28.8 Å². The lowest BCUT2D eigenvalue weighted by Crippen LogP contribution is -2.20. The molecule has 2 aromatic carbocycles. The van der Waals surface area contributed by atoms with Gasteiger partial charge in [0.05, 0.1) is 11.8 Å². The minimum absolute atomic E-state index is 0.0457. The van der Waals surface area contributed by atoms with Crippen molar-refractivity contribution >= 4 is 40.0 Å². The average Bonchev–Trinajstić information content (AvgIpc) is 3.41. The molecule has 0 saturated carbocycles. The molecular formula is C24H26ClN5OS. The Kier molecular flexibility index (Phi) is 6.69. The van der Waals surface area contributed by atoms with Gasteiger partial charge in [0.25, 0.3) is 0 Å². The molecule has 1 N–H and O–H groups in total. The molecule has 6 nitrogen and oxygen atoms in total. The molecule has 0 spiro atoms. The molecule has 2 aromatic heterocycles. The first-order valence-electron chi connectivity index (χ1n) is 10.5. The number of ketones is 1. The van der Waals surface area contributed by atoms with Crippen LogP contribution in [0.1, 0.15) is 41.6 Å². The van der Waals surface area contributed by atoms with Crippen LogP contribution in [0, 0.1) is 0 Å². The number of rotatable bonds is 8. The molecule has 0 saturated heterocycles. The fraction of sp³-hybridized carbons (Fsp3) is 0.292. The molecule has 0 bridgehead atoms. The number of benzene rings is 2. The van der Waals surface area contributed by atoms with Crippen molar-refractivity contribution < 1.29 is 4.79 Å². The van der Waals surface area contributed by atoms with Crippen molar-refractivity contribution in [2.24, 2.45) is 0 Å². The van der Waals surface area contributed by atoms with Gasteiger partial charge in [-0.15, -0.1) is 10.2 Å². The number of Topliss-reactive ketones (excluding diaryl/α,β-unsaturated/α-hetero) is 1. The van der Waals surface area contributed by atoms with Gasteiger partial charge in [0.15, 0.2) is 16.8 Å². The molecule has 4 aromatic rings. The fourth-order valence-corrected chi connectivity index (χ4v) is 4.63. The maximum absolute atomic E-state index is 13.1. The van der Waals surface area contributed by atoms with Crippen LogP contribution in [0.25, 0.3) is 16.6 Å². The highest BCUT2D eigenvalue weighted by molar-refractivity contribution is 7.99. The minimum Gasteiger partial charge on any atom is -0.360 e. The van der Waals surface area contributed by atoms with Gasteiger partial charge < -0.3 is 4.98 Å². The van der Waals surface area contributed by atoms with Crippen LogP contribution in [-0.2, 0) is 6.42 Å². The number of para-hydroxylation sites is 1. The van der Waals surface area contributed by atoms with Crippen molar-refractivity contribution in [3.8, 4) is 5.69 Å². The average molecular weight is 468 g/mol. The Hall–Kier alpha value is -2.61. The summed E-state index contributed by atoms with van der Waals surface area (Å²) < 4.78 is 2.00. The molecule has 0 radical (unpaired) electrons. The van der Waals surface area contributed by atoms with Gasteiger partial charge in [0, 0.05) is 33.4 Å². The molecule has 8 heteroatoms. The van der Waals surface area contributed by atoms with E-state index in [4.69, 9.17) is 11.6 Å². The van der Waals surface area contributed by atoms with Crippen LogP contribution in [0.5, 0.6) is 0 Å². The van der Waals surface area contributed by atoms with Crippen molar-refractivity contribution in [3.63, 3.8) is 0 Å². The first-order chi connectivity index (χ1) is 15.4. The summed E-state index contributed by atoms with van der Waals surface area (Å²) >= 11 is 7.49. The quantitative estimate of drug-likeness (QED) is 0.271. The van der Waals surface area contributed by atoms with Crippen LogP contribution in [-0.4, -0.2) is 50.3 Å². The molecular weight excluding hydrogens is 442 g/mol. The summed E-state index contributed by atoms with van der Waals surface area (Å²) in [6.45, 7) is 4.19. The maximum atomic E-state index is 13.1. The number of hydrogen-bond donors (Lipinski definition) is 1. The topological polar surface area (TPSA) is 66.8 Å². The summed E-state index contributed by atoms with van der Waals surface area (Å²) in [5.41, 5.74) is 3.87. The first kappa shape index (κ1) is 22.6. The zero-order valence-corrected chi connectivity index (χ0v) is 20.2. The van der Waals surface area contributed by atoms with Crippen LogP contribution in [0.4, 0.5) is 0 Å². The second kappa shape index (κ2) is 9.48. The van der Waals surface area contributed by atoms with E-state index in [1.807, 2.05) is 61.3 Å². The minimum atomic E-state index is 0.0457. The van der Waals surface area contributed by atoms with E-state index in [-0.39, 0.29) is 17.6 Å². The SMILES string of the molecule is CCc1cccc2c(C(=O)CSc3nnc(C(C)N(C)C)n3-c3ccc(Cl)cc3)c[nH]c12. The third-order valence-corrected chi connectivity index (χ3v) is 6.89. The second-order valence-electron chi connectivity index (χ2n) is 7.90. The van der Waals surface area contributed by atoms with Crippen LogP contribution in [0.15, 0.2) is 53.8 Å². The zero-order valence-electron chi connectivity index (χ0n) is 18.6. The Bertz CT molecular complexity index is 1250. The van der Waals surface area contributed by atoms with Crippen LogP contribution < -0.4 is 0 Å². The fourth-order valence-electron chi connectivity index (χ4n) is 3.66. The summed E-state index contributed by atoms with van der Waals surface area (Å²) in [5, 5.41) is 11.2. The van der Waals surface area contributed by atoms with Gasteiger partial charge in [-0.25, -0.2) is 0 Å². The van der Waals surface area contributed by atoms with E-state index in [2.05, 4.69) is 40.0 Å². The number of aromatic amines is 1. The lowest BCUT2D eigenvalue weighted by Gasteiger charge is -2.20. The summed E-state index contributed by atoms with van der Waals surface area (Å²) in [5.74, 6) is 1.14. The van der Waals surface area contributed by atoms with Crippen molar-refractivity contribution in [3.05, 3.63) is 70.6 Å². The van der Waals surface area contributed by atoms with Crippen molar-refractivity contribution in [2.45, 2.75) is 31.5 Å². The molecule has 32 heavy (non-hydrogen) atoms. The number of aryl methyl sites for hydroxylation is 1. The van der Waals surface area contributed by atoms with Crippen LogP contribution in [0.2, 0.25) is 5.02 Å². The Morgan fingerprint density at radius 1 is 1.19 bits per heavy atom. The first-order valence-corrected chi connectivity index (χ1v) is 11.9. The monoisotopic (exact) mass is 467 g/mol. The second-order valence-corrected chi connectivity index (χ2v) is 9.28. The van der Waals surface area contributed by atoms with Gasteiger partial charge in [-0.1, -0.05) is 48.5 Å². The summed E-state index contributed by atoms with van der Waals surface area (Å²) in [4.78, 5) is 18.5. The molecule has 0 fully saturated rings. The molecule has 0 aliphatic heterocycles. The largest absolute Gasteiger partial charge is 0.360 e. The highest BCUT2D eigenvalue weighted by atomic mass is 35.5. The predicted molar refractivity (Wildman–Crippen MR) is 131 cm³/mol. The molecule has 1 atom stereocenters. The highest BCUT2D eigenvalue weighted by Gasteiger charge is 2.22. The van der Waals surface area contributed by atoms with E-state index in [9.17, 15) is 4.79 Å². The Balaban J connectivity index is 1.63. The van der Waals surface area contributed by atoms with E-state index >= 15 is 0 Å². The number of aromatic nitrogens is 4. The van der Waals surface area contributed by atoms with E-state index < -0.39 is 0 Å².